The highest BCUT2D eigenvalue weighted by molar-refractivity contribution is 7.88. The zero-order chi connectivity index (χ0) is 16.1. The Labute approximate surface area is 127 Å². The molecule has 0 atom stereocenters. The highest BCUT2D eigenvalue weighted by atomic mass is 32.2. The molecule has 6 nitrogen and oxygen atoms in total. The lowest BCUT2D eigenvalue weighted by Gasteiger charge is -2.29. The fourth-order valence-electron chi connectivity index (χ4n) is 2.73. The summed E-state index contributed by atoms with van der Waals surface area (Å²) in [4.78, 5) is 12.4. The first kappa shape index (κ1) is 17.9. The number of hydrogen-bond acceptors (Lipinski definition) is 4. The lowest BCUT2D eigenvalue weighted by molar-refractivity contribution is -0.129. The van der Waals surface area contributed by atoms with E-state index >= 15 is 0 Å². The molecule has 0 aromatic heterocycles. The Bertz CT molecular complexity index is 512. The number of amides is 1. The number of sulfonamides is 1. The minimum Gasteiger partial charge on any atom is -0.353 e. The highest BCUT2D eigenvalue weighted by Crippen LogP contribution is 2.34. The molecule has 0 unspecified atom stereocenters. The molecule has 1 aliphatic carbocycles. The number of nitriles is 1. The summed E-state index contributed by atoms with van der Waals surface area (Å²) >= 11 is 0. The molecule has 2 N–H and O–H groups in total. The lowest BCUT2D eigenvalue weighted by atomic mass is 9.81. The zero-order valence-electron chi connectivity index (χ0n) is 13.0. The van der Waals surface area contributed by atoms with Gasteiger partial charge in [0.2, 0.25) is 15.9 Å². The third kappa shape index (κ3) is 5.64. The molecule has 0 aromatic rings. The van der Waals surface area contributed by atoms with Crippen LogP contribution >= 0.6 is 0 Å². The maximum absolute atomic E-state index is 12.4. The topological polar surface area (TPSA) is 99.1 Å². The van der Waals surface area contributed by atoms with Crippen molar-refractivity contribution in [3.63, 3.8) is 0 Å². The van der Waals surface area contributed by atoms with Crippen LogP contribution in [-0.4, -0.2) is 32.7 Å². The standard InChI is InChI=1S/C14H25N3O3S/c1-13(2,17-21(3,19)20)11-16-12(18)14(10-15)8-6-4-5-7-9-14/h17H,4-9,11H2,1-3H3,(H,16,18). The third-order valence-corrected chi connectivity index (χ3v) is 4.68. The molecule has 1 amide bonds. The average molecular weight is 315 g/mol. The number of nitrogens with one attached hydrogen (secondary N) is 2. The number of rotatable bonds is 5. The van der Waals surface area contributed by atoms with E-state index in [1.807, 2.05) is 0 Å². The maximum Gasteiger partial charge on any atom is 0.240 e. The average Bonchev–Trinajstić information content (AvgIpc) is 2.59. The van der Waals surface area contributed by atoms with Crippen LogP contribution in [0, 0.1) is 16.7 Å². The van der Waals surface area contributed by atoms with Gasteiger partial charge in [-0.3, -0.25) is 4.79 Å². The van der Waals surface area contributed by atoms with Crippen LogP contribution in [0.1, 0.15) is 52.4 Å². The molecule has 0 spiro atoms. The molecular formula is C14H25N3O3S. The van der Waals surface area contributed by atoms with Crippen LogP contribution < -0.4 is 10.0 Å². The van der Waals surface area contributed by atoms with Crippen LogP contribution in [0.2, 0.25) is 0 Å². The van der Waals surface area contributed by atoms with Gasteiger partial charge in [0.25, 0.3) is 0 Å². The van der Waals surface area contributed by atoms with E-state index in [2.05, 4.69) is 16.1 Å². The van der Waals surface area contributed by atoms with E-state index in [-0.39, 0.29) is 12.5 Å². The fraction of sp³-hybridized carbons (Fsp3) is 0.857. The molecule has 1 rings (SSSR count). The minimum atomic E-state index is -3.35. The van der Waals surface area contributed by atoms with Crippen molar-refractivity contribution in [2.24, 2.45) is 5.41 Å². The van der Waals surface area contributed by atoms with Gasteiger partial charge in [0.05, 0.1) is 12.3 Å². The van der Waals surface area contributed by atoms with E-state index in [1.54, 1.807) is 13.8 Å². The van der Waals surface area contributed by atoms with Gasteiger partial charge in [-0.2, -0.15) is 5.26 Å². The van der Waals surface area contributed by atoms with Crippen molar-refractivity contribution < 1.29 is 13.2 Å². The van der Waals surface area contributed by atoms with Crippen molar-refractivity contribution in [3.05, 3.63) is 0 Å². The van der Waals surface area contributed by atoms with Crippen LogP contribution in [-0.2, 0) is 14.8 Å². The molecule has 0 aromatic carbocycles. The summed E-state index contributed by atoms with van der Waals surface area (Å²) in [6.07, 6.45) is 6.11. The summed E-state index contributed by atoms with van der Waals surface area (Å²) in [5.41, 5.74) is -1.75. The second-order valence-corrected chi connectivity index (χ2v) is 8.30. The quantitative estimate of drug-likeness (QED) is 0.747. The van der Waals surface area contributed by atoms with Gasteiger partial charge < -0.3 is 5.32 Å². The van der Waals surface area contributed by atoms with Gasteiger partial charge in [0.15, 0.2) is 0 Å². The first-order valence-electron chi connectivity index (χ1n) is 7.29. The largest absolute Gasteiger partial charge is 0.353 e. The Balaban J connectivity index is 2.69. The predicted molar refractivity (Wildman–Crippen MR) is 80.8 cm³/mol. The first-order valence-corrected chi connectivity index (χ1v) is 9.18. The normalized spacial score (nSPS) is 19.3. The Morgan fingerprint density at radius 2 is 1.76 bits per heavy atom. The van der Waals surface area contributed by atoms with E-state index in [0.29, 0.717) is 12.8 Å². The molecule has 1 fully saturated rings. The van der Waals surface area contributed by atoms with Crippen LogP contribution in [0.4, 0.5) is 0 Å². The summed E-state index contributed by atoms with van der Waals surface area (Å²) in [6, 6.07) is 2.19. The van der Waals surface area contributed by atoms with Crippen molar-refractivity contribution in [3.8, 4) is 6.07 Å². The number of hydrogen-bond donors (Lipinski definition) is 2. The van der Waals surface area contributed by atoms with Crippen molar-refractivity contribution in [2.45, 2.75) is 57.9 Å². The van der Waals surface area contributed by atoms with Crippen LogP contribution in [0.5, 0.6) is 0 Å². The second kappa shape index (κ2) is 6.75. The number of carbonyl (C=O) groups excluding carboxylic acids is 1. The molecule has 0 heterocycles. The lowest BCUT2D eigenvalue weighted by Crippen LogP contribution is -2.53. The van der Waals surface area contributed by atoms with Gasteiger partial charge in [-0.05, 0) is 26.7 Å². The van der Waals surface area contributed by atoms with E-state index in [1.165, 1.54) is 0 Å². The van der Waals surface area contributed by atoms with Gasteiger partial charge in [-0.15, -0.1) is 0 Å². The molecule has 1 saturated carbocycles. The van der Waals surface area contributed by atoms with E-state index in [0.717, 1.165) is 31.9 Å². The smallest absolute Gasteiger partial charge is 0.240 e. The van der Waals surface area contributed by atoms with Gasteiger partial charge in [-0.25, -0.2) is 13.1 Å². The first-order chi connectivity index (χ1) is 9.60. The molecule has 1 aliphatic rings. The minimum absolute atomic E-state index is 0.155. The molecule has 0 radical (unpaired) electrons. The SMILES string of the molecule is CC(C)(CNC(=O)C1(C#N)CCCCCC1)NS(C)(=O)=O. The Hall–Kier alpha value is -1.13. The summed E-state index contributed by atoms with van der Waals surface area (Å²) in [5, 5.41) is 12.2. The molecule has 7 heteroatoms. The Kier molecular flexibility index (Phi) is 5.76. The molecule has 0 aliphatic heterocycles. The van der Waals surface area contributed by atoms with Crippen LogP contribution in [0.25, 0.3) is 0 Å². The fourth-order valence-corrected chi connectivity index (χ4v) is 3.81. The van der Waals surface area contributed by atoms with Gasteiger partial charge in [0, 0.05) is 12.1 Å². The van der Waals surface area contributed by atoms with E-state index < -0.39 is 21.0 Å². The van der Waals surface area contributed by atoms with Crippen molar-refractivity contribution in [1.29, 1.82) is 5.26 Å². The monoisotopic (exact) mass is 315 g/mol. The molecule has 120 valence electrons. The summed E-state index contributed by atoms with van der Waals surface area (Å²) < 4.78 is 25.0. The van der Waals surface area contributed by atoms with Crippen LogP contribution in [0.15, 0.2) is 0 Å². The van der Waals surface area contributed by atoms with Gasteiger partial charge >= 0.3 is 0 Å². The number of nitrogens with zero attached hydrogens (tertiary/aromatic N) is 1. The summed E-state index contributed by atoms with van der Waals surface area (Å²) in [7, 11) is -3.35. The van der Waals surface area contributed by atoms with E-state index in [4.69, 9.17) is 0 Å². The Morgan fingerprint density at radius 1 is 1.24 bits per heavy atom. The molecular weight excluding hydrogens is 290 g/mol. The molecule has 21 heavy (non-hydrogen) atoms. The maximum atomic E-state index is 12.4. The van der Waals surface area contributed by atoms with Crippen molar-refractivity contribution in [2.75, 3.05) is 12.8 Å². The zero-order valence-corrected chi connectivity index (χ0v) is 13.8. The van der Waals surface area contributed by atoms with Crippen LogP contribution in [0.3, 0.4) is 0 Å². The third-order valence-electron chi connectivity index (χ3n) is 3.76. The number of carbonyl (C=O) groups is 1. The van der Waals surface area contributed by atoms with Crippen molar-refractivity contribution in [1.82, 2.24) is 10.0 Å². The van der Waals surface area contributed by atoms with Gasteiger partial charge in [-0.1, -0.05) is 25.7 Å². The summed E-state index contributed by atoms with van der Waals surface area (Å²) in [6.45, 7) is 3.54. The Morgan fingerprint density at radius 3 is 2.19 bits per heavy atom. The van der Waals surface area contributed by atoms with E-state index in [9.17, 15) is 18.5 Å². The highest BCUT2D eigenvalue weighted by Gasteiger charge is 2.39. The second-order valence-electron chi connectivity index (χ2n) is 6.55. The predicted octanol–water partition coefficient (Wildman–Crippen LogP) is 1.29. The summed E-state index contributed by atoms with van der Waals surface area (Å²) in [5.74, 6) is -0.282. The van der Waals surface area contributed by atoms with Crippen molar-refractivity contribution >= 4 is 15.9 Å². The van der Waals surface area contributed by atoms with Gasteiger partial charge in [0.1, 0.15) is 5.41 Å². The molecule has 0 bridgehead atoms. The molecule has 0 saturated heterocycles.